The summed E-state index contributed by atoms with van der Waals surface area (Å²) in [4.78, 5) is 12.2. The van der Waals surface area contributed by atoms with E-state index in [2.05, 4.69) is 0 Å². The Balaban J connectivity index is 2.51. The fourth-order valence-electron chi connectivity index (χ4n) is 2.73. The lowest BCUT2D eigenvalue weighted by molar-refractivity contribution is -0.122. The van der Waals surface area contributed by atoms with Crippen LogP contribution in [0.1, 0.15) is 25.8 Å². The number of primary amides is 1. The van der Waals surface area contributed by atoms with Gasteiger partial charge in [0, 0.05) is 17.3 Å². The molecule has 2 aromatic rings. The number of carbonyl (C=O) groups is 1. The number of halogens is 1. The van der Waals surface area contributed by atoms with E-state index in [0.29, 0.717) is 22.7 Å². The van der Waals surface area contributed by atoms with Crippen LogP contribution in [0.5, 0.6) is 0 Å². The molecule has 0 aliphatic rings. The molecule has 0 aromatic heterocycles. The van der Waals surface area contributed by atoms with Crippen LogP contribution in [0, 0.1) is 5.92 Å². The predicted octanol–water partition coefficient (Wildman–Crippen LogP) is 3.01. The van der Waals surface area contributed by atoms with Gasteiger partial charge in [0.15, 0.2) is 0 Å². The zero-order chi connectivity index (χ0) is 20.2. The standard InChI is InChI=1S/C19H24ClN3O3S/c1-13(2)11-18(19(22)24)23(12-14-3-7-16(21)8-4-14)27(25,26)17-9-5-15(20)6-10-17/h3-10,13,18H,11-12,21H2,1-2H3,(H2,22,24)/t18-/m0/s1. The molecule has 2 rings (SSSR count). The molecular formula is C19H24ClN3O3S. The number of amides is 1. The molecule has 2 aromatic carbocycles. The Labute approximate surface area is 165 Å². The highest BCUT2D eigenvalue weighted by molar-refractivity contribution is 7.89. The number of nitrogen functional groups attached to an aromatic ring is 1. The lowest BCUT2D eigenvalue weighted by Gasteiger charge is -2.30. The van der Waals surface area contributed by atoms with Gasteiger partial charge in [-0.15, -0.1) is 0 Å². The summed E-state index contributed by atoms with van der Waals surface area (Å²) in [6, 6.07) is 11.7. The number of sulfonamides is 1. The normalized spacial score (nSPS) is 13.1. The van der Waals surface area contributed by atoms with Crippen molar-refractivity contribution in [2.24, 2.45) is 11.7 Å². The van der Waals surface area contributed by atoms with E-state index in [0.717, 1.165) is 4.31 Å². The number of anilines is 1. The highest BCUT2D eigenvalue weighted by Gasteiger charge is 2.35. The summed E-state index contributed by atoms with van der Waals surface area (Å²) in [5.41, 5.74) is 12.6. The van der Waals surface area contributed by atoms with Gasteiger partial charge in [-0.05, 0) is 54.3 Å². The third-order valence-electron chi connectivity index (χ3n) is 4.11. The first-order valence-corrected chi connectivity index (χ1v) is 10.3. The fourth-order valence-corrected chi connectivity index (χ4v) is 4.45. The SMILES string of the molecule is CC(C)C[C@@H](C(N)=O)N(Cc1ccc(N)cc1)S(=O)(=O)c1ccc(Cl)cc1. The van der Waals surface area contributed by atoms with E-state index in [9.17, 15) is 13.2 Å². The summed E-state index contributed by atoms with van der Waals surface area (Å²) >= 11 is 5.87. The summed E-state index contributed by atoms with van der Waals surface area (Å²) in [7, 11) is -3.97. The van der Waals surface area contributed by atoms with Crippen LogP contribution in [0.4, 0.5) is 5.69 Å². The van der Waals surface area contributed by atoms with E-state index in [1.807, 2.05) is 13.8 Å². The summed E-state index contributed by atoms with van der Waals surface area (Å²) in [5, 5.41) is 0.424. The van der Waals surface area contributed by atoms with Gasteiger partial charge in [0.25, 0.3) is 0 Å². The van der Waals surface area contributed by atoms with Crippen LogP contribution >= 0.6 is 11.6 Å². The molecular weight excluding hydrogens is 386 g/mol. The number of hydrogen-bond acceptors (Lipinski definition) is 4. The van der Waals surface area contributed by atoms with Crippen molar-refractivity contribution in [1.82, 2.24) is 4.31 Å². The van der Waals surface area contributed by atoms with E-state index >= 15 is 0 Å². The first-order valence-electron chi connectivity index (χ1n) is 8.52. The van der Waals surface area contributed by atoms with Crippen LogP contribution in [0.15, 0.2) is 53.4 Å². The number of nitrogens with zero attached hydrogens (tertiary/aromatic N) is 1. The van der Waals surface area contributed by atoms with Gasteiger partial charge < -0.3 is 11.5 Å². The van der Waals surface area contributed by atoms with E-state index in [1.165, 1.54) is 24.3 Å². The summed E-state index contributed by atoms with van der Waals surface area (Å²) in [5.74, 6) is -0.603. The van der Waals surface area contributed by atoms with Crippen molar-refractivity contribution >= 4 is 33.2 Å². The lowest BCUT2D eigenvalue weighted by atomic mass is 10.0. The molecule has 0 radical (unpaired) electrons. The minimum absolute atomic E-state index is 0.00552. The van der Waals surface area contributed by atoms with Gasteiger partial charge in [-0.3, -0.25) is 4.79 Å². The number of benzene rings is 2. The molecule has 0 aliphatic carbocycles. The molecule has 6 nitrogen and oxygen atoms in total. The van der Waals surface area contributed by atoms with E-state index < -0.39 is 22.0 Å². The Hall–Kier alpha value is -2.09. The maximum atomic E-state index is 13.3. The predicted molar refractivity (Wildman–Crippen MR) is 107 cm³/mol. The lowest BCUT2D eigenvalue weighted by Crippen LogP contribution is -2.48. The van der Waals surface area contributed by atoms with Crippen molar-refractivity contribution in [1.29, 1.82) is 0 Å². The molecule has 0 fully saturated rings. The van der Waals surface area contributed by atoms with Gasteiger partial charge >= 0.3 is 0 Å². The molecule has 146 valence electrons. The van der Waals surface area contributed by atoms with E-state index in [4.69, 9.17) is 23.1 Å². The zero-order valence-corrected chi connectivity index (χ0v) is 16.9. The molecule has 0 spiro atoms. The van der Waals surface area contributed by atoms with Gasteiger partial charge in [-0.1, -0.05) is 37.6 Å². The summed E-state index contributed by atoms with van der Waals surface area (Å²) in [6.45, 7) is 3.82. The maximum absolute atomic E-state index is 13.3. The quantitative estimate of drug-likeness (QED) is 0.653. The van der Waals surface area contributed by atoms with Crippen LogP contribution in [0.25, 0.3) is 0 Å². The monoisotopic (exact) mass is 409 g/mol. The van der Waals surface area contributed by atoms with E-state index in [1.54, 1.807) is 24.3 Å². The fraction of sp³-hybridized carbons (Fsp3) is 0.316. The minimum Gasteiger partial charge on any atom is -0.399 e. The molecule has 0 saturated carbocycles. The van der Waals surface area contributed by atoms with Crippen molar-refractivity contribution in [3.63, 3.8) is 0 Å². The maximum Gasteiger partial charge on any atom is 0.244 e. The first-order chi connectivity index (χ1) is 12.6. The molecule has 0 heterocycles. The van der Waals surface area contributed by atoms with Crippen LogP contribution in [-0.2, 0) is 21.4 Å². The summed E-state index contributed by atoms with van der Waals surface area (Å²) in [6.07, 6.45) is 0.317. The first kappa shape index (κ1) is 21.2. The molecule has 0 saturated heterocycles. The Bertz CT molecular complexity index is 881. The second-order valence-electron chi connectivity index (χ2n) is 6.79. The van der Waals surface area contributed by atoms with Crippen molar-refractivity contribution < 1.29 is 13.2 Å². The summed E-state index contributed by atoms with van der Waals surface area (Å²) < 4.78 is 27.7. The van der Waals surface area contributed by atoms with Gasteiger partial charge in [0.2, 0.25) is 15.9 Å². The Morgan fingerprint density at radius 3 is 2.11 bits per heavy atom. The van der Waals surface area contributed by atoms with Crippen LogP contribution in [-0.4, -0.2) is 24.7 Å². The van der Waals surface area contributed by atoms with Gasteiger partial charge in [-0.2, -0.15) is 4.31 Å². The number of carbonyl (C=O) groups excluding carboxylic acids is 1. The van der Waals surface area contributed by atoms with Gasteiger partial charge in [-0.25, -0.2) is 8.42 Å². The number of nitrogens with two attached hydrogens (primary N) is 2. The molecule has 1 atom stereocenters. The number of rotatable bonds is 8. The Morgan fingerprint density at radius 1 is 1.07 bits per heavy atom. The molecule has 0 bridgehead atoms. The molecule has 8 heteroatoms. The average molecular weight is 410 g/mol. The highest BCUT2D eigenvalue weighted by atomic mass is 35.5. The molecule has 1 amide bonds. The Morgan fingerprint density at radius 2 is 1.63 bits per heavy atom. The van der Waals surface area contributed by atoms with Crippen LogP contribution in [0.2, 0.25) is 5.02 Å². The van der Waals surface area contributed by atoms with Crippen molar-refractivity contribution in [2.45, 2.75) is 37.8 Å². The molecule has 4 N–H and O–H groups in total. The van der Waals surface area contributed by atoms with Crippen molar-refractivity contribution in [2.75, 3.05) is 5.73 Å². The highest BCUT2D eigenvalue weighted by Crippen LogP contribution is 2.25. The van der Waals surface area contributed by atoms with Crippen LogP contribution in [0.3, 0.4) is 0 Å². The average Bonchev–Trinajstić information content (AvgIpc) is 2.59. The third-order valence-corrected chi connectivity index (χ3v) is 6.23. The minimum atomic E-state index is -3.97. The van der Waals surface area contributed by atoms with Gasteiger partial charge in [0.05, 0.1) is 4.90 Å². The third kappa shape index (κ3) is 5.45. The largest absolute Gasteiger partial charge is 0.399 e. The second kappa shape index (κ2) is 8.73. The number of hydrogen-bond donors (Lipinski definition) is 2. The smallest absolute Gasteiger partial charge is 0.244 e. The Kier molecular flexibility index (Phi) is 6.86. The van der Waals surface area contributed by atoms with Crippen LogP contribution < -0.4 is 11.5 Å². The second-order valence-corrected chi connectivity index (χ2v) is 9.12. The topological polar surface area (TPSA) is 106 Å². The molecule has 27 heavy (non-hydrogen) atoms. The molecule has 0 aliphatic heterocycles. The van der Waals surface area contributed by atoms with Crippen molar-refractivity contribution in [3.05, 3.63) is 59.1 Å². The van der Waals surface area contributed by atoms with Crippen molar-refractivity contribution in [3.8, 4) is 0 Å². The zero-order valence-electron chi connectivity index (χ0n) is 15.3. The van der Waals surface area contributed by atoms with E-state index in [-0.39, 0.29) is 17.4 Å². The van der Waals surface area contributed by atoms with Gasteiger partial charge in [0.1, 0.15) is 6.04 Å². The molecule has 0 unspecified atom stereocenters.